The molecule has 0 aromatic rings. The van der Waals surface area contributed by atoms with Gasteiger partial charge in [0, 0.05) is 19.5 Å². The van der Waals surface area contributed by atoms with Gasteiger partial charge in [0.2, 0.25) is 5.91 Å². The molecule has 0 aromatic carbocycles. The zero-order valence-corrected chi connectivity index (χ0v) is 11.2. The number of carbonyl (C=O) groups excluding carboxylic acids is 1. The van der Waals surface area contributed by atoms with E-state index in [-0.39, 0.29) is 12.3 Å². The maximum atomic E-state index is 11.6. The summed E-state index contributed by atoms with van der Waals surface area (Å²) in [6.45, 7) is 5.01. The Bertz CT molecular complexity index is 281. The second kappa shape index (κ2) is 8.08. The molecule has 0 aliphatic carbocycles. The normalized spacial score (nSPS) is 20.6. The highest BCUT2D eigenvalue weighted by atomic mass is 16.4. The lowest BCUT2D eigenvalue weighted by Gasteiger charge is -2.32. The summed E-state index contributed by atoms with van der Waals surface area (Å²) in [5.74, 6) is -0.225. The smallest absolute Gasteiger partial charge is 0.303 e. The van der Waals surface area contributed by atoms with Crippen LogP contribution in [0.3, 0.4) is 0 Å². The zero-order chi connectivity index (χ0) is 13.4. The lowest BCUT2D eigenvalue weighted by Crippen LogP contribution is -2.42. The summed E-state index contributed by atoms with van der Waals surface area (Å²) in [6.07, 6.45) is 4.06. The number of carboxylic acids is 1. The second-order valence-electron chi connectivity index (χ2n) is 5.03. The fourth-order valence-corrected chi connectivity index (χ4v) is 2.38. The first-order valence-electron chi connectivity index (χ1n) is 6.82. The first-order valence-corrected chi connectivity index (χ1v) is 6.82. The maximum absolute atomic E-state index is 11.6. The average Bonchev–Trinajstić information content (AvgIpc) is 2.34. The predicted octanol–water partition coefficient (Wildman–Crippen LogP) is 1.09. The first-order chi connectivity index (χ1) is 8.61. The Morgan fingerprint density at radius 1 is 1.44 bits per heavy atom. The van der Waals surface area contributed by atoms with Crippen LogP contribution in [-0.4, -0.2) is 48.1 Å². The summed E-state index contributed by atoms with van der Waals surface area (Å²) < 4.78 is 0. The molecule has 1 fully saturated rings. The van der Waals surface area contributed by atoms with E-state index >= 15 is 0 Å². The van der Waals surface area contributed by atoms with Crippen LogP contribution in [0.4, 0.5) is 0 Å². The molecule has 5 nitrogen and oxygen atoms in total. The summed E-state index contributed by atoms with van der Waals surface area (Å²) in [6, 6.07) is 0. The van der Waals surface area contributed by atoms with E-state index < -0.39 is 5.97 Å². The lowest BCUT2D eigenvalue weighted by atomic mass is 9.93. The van der Waals surface area contributed by atoms with Gasteiger partial charge in [-0.1, -0.05) is 6.92 Å². The van der Waals surface area contributed by atoms with Gasteiger partial charge in [0.25, 0.3) is 0 Å². The van der Waals surface area contributed by atoms with E-state index in [1.807, 2.05) is 6.92 Å². The van der Waals surface area contributed by atoms with Crippen molar-refractivity contribution in [3.63, 3.8) is 0 Å². The van der Waals surface area contributed by atoms with Gasteiger partial charge < -0.3 is 10.4 Å². The molecule has 1 aliphatic heterocycles. The number of carboxylic acid groups (broad SMARTS) is 1. The molecule has 104 valence electrons. The Kier molecular flexibility index (Phi) is 6.72. The Hall–Kier alpha value is -1.10. The molecule has 1 saturated heterocycles. The minimum absolute atomic E-state index is 0.0794. The van der Waals surface area contributed by atoms with Gasteiger partial charge in [-0.15, -0.1) is 0 Å². The van der Waals surface area contributed by atoms with Crippen molar-refractivity contribution in [1.29, 1.82) is 0 Å². The number of rotatable bonds is 7. The zero-order valence-electron chi connectivity index (χ0n) is 11.2. The maximum Gasteiger partial charge on any atom is 0.303 e. The molecule has 1 unspecified atom stereocenters. The molecular formula is C13H24N2O3. The van der Waals surface area contributed by atoms with E-state index in [0.717, 1.165) is 45.3 Å². The van der Waals surface area contributed by atoms with Crippen molar-refractivity contribution in [2.45, 2.75) is 39.0 Å². The lowest BCUT2D eigenvalue weighted by molar-refractivity contribution is -0.137. The van der Waals surface area contributed by atoms with Crippen molar-refractivity contribution in [3.8, 4) is 0 Å². The first kappa shape index (κ1) is 15.0. The topological polar surface area (TPSA) is 69.6 Å². The molecule has 1 atom stereocenters. The quantitative estimate of drug-likeness (QED) is 0.715. The second-order valence-corrected chi connectivity index (χ2v) is 5.03. The number of nitrogens with zero attached hydrogens (tertiary/aromatic N) is 1. The van der Waals surface area contributed by atoms with Crippen molar-refractivity contribution in [3.05, 3.63) is 0 Å². The van der Waals surface area contributed by atoms with Gasteiger partial charge in [0.15, 0.2) is 0 Å². The molecule has 0 radical (unpaired) electrons. The van der Waals surface area contributed by atoms with Crippen molar-refractivity contribution in [2.75, 3.05) is 26.2 Å². The molecule has 1 aliphatic rings. The molecule has 18 heavy (non-hydrogen) atoms. The number of amides is 1. The monoisotopic (exact) mass is 256 g/mol. The fourth-order valence-electron chi connectivity index (χ4n) is 2.38. The number of hydrogen-bond donors (Lipinski definition) is 2. The van der Waals surface area contributed by atoms with E-state index in [2.05, 4.69) is 10.2 Å². The van der Waals surface area contributed by atoms with E-state index in [9.17, 15) is 9.59 Å². The van der Waals surface area contributed by atoms with Crippen LogP contribution >= 0.6 is 0 Å². The standard InChI is InChI=1S/C13H24N2O3/c1-2-7-14-12(16)10-15-8-3-4-11(9-15)5-6-13(17)18/h11H,2-10H2,1H3,(H,14,16)(H,17,18). The SMILES string of the molecule is CCCNC(=O)CN1CCCC(CCC(=O)O)C1. The molecule has 2 N–H and O–H groups in total. The largest absolute Gasteiger partial charge is 0.481 e. The van der Waals surface area contributed by atoms with Gasteiger partial charge in [-0.2, -0.15) is 0 Å². The highest BCUT2D eigenvalue weighted by Crippen LogP contribution is 2.20. The van der Waals surface area contributed by atoms with Crippen molar-refractivity contribution in [2.24, 2.45) is 5.92 Å². The van der Waals surface area contributed by atoms with Crippen molar-refractivity contribution in [1.82, 2.24) is 10.2 Å². The minimum Gasteiger partial charge on any atom is -0.481 e. The van der Waals surface area contributed by atoms with Gasteiger partial charge in [0.1, 0.15) is 0 Å². The number of likely N-dealkylation sites (tertiary alicyclic amines) is 1. The van der Waals surface area contributed by atoms with E-state index in [4.69, 9.17) is 5.11 Å². The van der Waals surface area contributed by atoms with Gasteiger partial charge in [-0.05, 0) is 38.1 Å². The third-order valence-corrected chi connectivity index (χ3v) is 3.31. The molecule has 0 spiro atoms. The summed E-state index contributed by atoms with van der Waals surface area (Å²) in [7, 11) is 0. The highest BCUT2D eigenvalue weighted by Gasteiger charge is 2.21. The van der Waals surface area contributed by atoms with Crippen LogP contribution in [0.1, 0.15) is 39.0 Å². The van der Waals surface area contributed by atoms with E-state index in [1.165, 1.54) is 0 Å². The van der Waals surface area contributed by atoms with Crippen molar-refractivity contribution >= 4 is 11.9 Å². The molecule has 1 heterocycles. The Morgan fingerprint density at radius 2 is 2.22 bits per heavy atom. The number of nitrogens with one attached hydrogen (secondary N) is 1. The molecule has 1 rings (SSSR count). The summed E-state index contributed by atoms with van der Waals surface area (Å²) in [5.41, 5.74) is 0. The van der Waals surface area contributed by atoms with E-state index in [1.54, 1.807) is 0 Å². The van der Waals surface area contributed by atoms with Crippen LogP contribution in [0, 0.1) is 5.92 Å². The number of hydrogen-bond acceptors (Lipinski definition) is 3. The minimum atomic E-state index is -0.729. The predicted molar refractivity (Wildman–Crippen MR) is 69.3 cm³/mol. The van der Waals surface area contributed by atoms with Crippen LogP contribution < -0.4 is 5.32 Å². The summed E-state index contributed by atoms with van der Waals surface area (Å²) >= 11 is 0. The molecule has 0 saturated carbocycles. The molecular weight excluding hydrogens is 232 g/mol. The molecule has 5 heteroatoms. The van der Waals surface area contributed by atoms with Gasteiger partial charge in [-0.25, -0.2) is 0 Å². The third kappa shape index (κ3) is 6.00. The Balaban J connectivity index is 2.25. The third-order valence-electron chi connectivity index (χ3n) is 3.31. The van der Waals surface area contributed by atoms with Crippen LogP contribution in [0.25, 0.3) is 0 Å². The van der Waals surface area contributed by atoms with Crippen LogP contribution in [0.15, 0.2) is 0 Å². The van der Waals surface area contributed by atoms with Gasteiger partial charge in [0.05, 0.1) is 6.54 Å². The Morgan fingerprint density at radius 3 is 2.89 bits per heavy atom. The fraction of sp³-hybridized carbons (Fsp3) is 0.846. The Labute approximate surface area is 109 Å². The van der Waals surface area contributed by atoms with E-state index in [0.29, 0.717) is 12.5 Å². The summed E-state index contributed by atoms with van der Waals surface area (Å²) in [4.78, 5) is 24.3. The molecule has 0 aromatic heterocycles. The number of piperidine rings is 1. The molecule has 1 amide bonds. The van der Waals surface area contributed by atoms with Crippen LogP contribution in [-0.2, 0) is 9.59 Å². The van der Waals surface area contributed by atoms with Crippen LogP contribution in [0.2, 0.25) is 0 Å². The highest BCUT2D eigenvalue weighted by molar-refractivity contribution is 5.77. The van der Waals surface area contributed by atoms with Crippen molar-refractivity contribution < 1.29 is 14.7 Å². The molecule has 0 bridgehead atoms. The number of aliphatic carboxylic acids is 1. The average molecular weight is 256 g/mol. The number of carbonyl (C=O) groups is 2. The van der Waals surface area contributed by atoms with Gasteiger partial charge in [-0.3, -0.25) is 14.5 Å². The summed E-state index contributed by atoms with van der Waals surface area (Å²) in [5, 5.41) is 11.5. The van der Waals surface area contributed by atoms with Crippen LogP contribution in [0.5, 0.6) is 0 Å². The van der Waals surface area contributed by atoms with Gasteiger partial charge >= 0.3 is 5.97 Å².